The quantitative estimate of drug-likeness (QED) is 0.504. The Labute approximate surface area is 140 Å². The summed E-state index contributed by atoms with van der Waals surface area (Å²) in [6, 6.07) is 2.01. The Morgan fingerprint density at radius 1 is 1.08 bits per heavy atom. The van der Waals surface area contributed by atoms with Crippen LogP contribution in [-0.2, 0) is 17.1 Å². The number of esters is 1. The second-order valence-electron chi connectivity index (χ2n) is 5.04. The third-order valence-electron chi connectivity index (χ3n) is 3.29. The van der Waals surface area contributed by atoms with Crippen molar-refractivity contribution in [2.24, 2.45) is 0 Å². The summed E-state index contributed by atoms with van der Waals surface area (Å²) in [5.41, 5.74) is -2.76. The monoisotopic (exact) mass is 378 g/mol. The fraction of sp³-hybridized carbons (Fsp3) is 0.286. The predicted molar refractivity (Wildman–Crippen MR) is 74.2 cm³/mol. The van der Waals surface area contributed by atoms with Gasteiger partial charge in [-0.3, -0.25) is 4.40 Å². The Morgan fingerprint density at radius 3 is 2.35 bits per heavy atom. The van der Waals surface area contributed by atoms with E-state index in [-0.39, 0.29) is 17.9 Å². The van der Waals surface area contributed by atoms with E-state index in [0.29, 0.717) is 0 Å². The van der Waals surface area contributed by atoms with E-state index in [1.54, 1.807) is 0 Å². The highest BCUT2D eigenvalue weighted by molar-refractivity contribution is 5.89. The molecule has 6 nitrogen and oxygen atoms in total. The van der Waals surface area contributed by atoms with Crippen LogP contribution in [0.3, 0.4) is 0 Å². The number of carbonyl (C=O) groups excluding carboxylic acids is 1. The van der Waals surface area contributed by atoms with Gasteiger partial charge in [0.25, 0.3) is 0 Å². The topological polar surface area (TPSA) is 69.4 Å². The molecular weight excluding hydrogens is 370 g/mol. The number of nitrogens with zero attached hydrogens (tertiary/aromatic N) is 4. The number of aromatic nitrogens is 4. The standard InChI is InChI=1S/C14H8F6N4O2/c1-2-26-11(25)7-5-24-8(21-7)4-3-6-9(13(15,16)17)22-12(14(18,19)20)23-10(6)24/h3-5H,2H2,1H3. The fourth-order valence-corrected chi connectivity index (χ4v) is 2.28. The van der Waals surface area contributed by atoms with Gasteiger partial charge in [-0.2, -0.15) is 26.3 Å². The summed E-state index contributed by atoms with van der Waals surface area (Å²) in [4.78, 5) is 21.4. The van der Waals surface area contributed by atoms with Gasteiger partial charge in [0.15, 0.2) is 11.4 Å². The van der Waals surface area contributed by atoms with Gasteiger partial charge in [0.1, 0.15) is 11.3 Å². The molecule has 0 aromatic carbocycles. The Balaban J connectivity index is 2.37. The molecule has 0 N–H and O–H groups in total. The highest BCUT2D eigenvalue weighted by Crippen LogP contribution is 2.36. The van der Waals surface area contributed by atoms with Crippen LogP contribution in [0.15, 0.2) is 18.3 Å². The van der Waals surface area contributed by atoms with Crippen LogP contribution in [0.1, 0.15) is 28.9 Å². The lowest BCUT2D eigenvalue weighted by molar-refractivity contribution is -0.151. The van der Waals surface area contributed by atoms with Gasteiger partial charge in [0.05, 0.1) is 6.61 Å². The van der Waals surface area contributed by atoms with Crippen LogP contribution in [0.25, 0.3) is 16.7 Å². The molecule has 0 saturated heterocycles. The van der Waals surface area contributed by atoms with Crippen LogP contribution in [-0.4, -0.2) is 31.9 Å². The van der Waals surface area contributed by atoms with Gasteiger partial charge >= 0.3 is 18.3 Å². The summed E-state index contributed by atoms with van der Waals surface area (Å²) in [5.74, 6) is -2.82. The molecule has 0 fully saturated rings. The van der Waals surface area contributed by atoms with E-state index in [0.717, 1.165) is 22.7 Å². The third-order valence-corrected chi connectivity index (χ3v) is 3.29. The zero-order valence-electron chi connectivity index (χ0n) is 12.8. The van der Waals surface area contributed by atoms with Crippen molar-refractivity contribution in [3.8, 4) is 0 Å². The number of hydrogen-bond donors (Lipinski definition) is 0. The molecule has 0 amide bonds. The molecule has 3 aromatic heterocycles. The zero-order valence-corrected chi connectivity index (χ0v) is 12.8. The van der Waals surface area contributed by atoms with Gasteiger partial charge in [-0.25, -0.2) is 19.7 Å². The predicted octanol–water partition coefficient (Wildman–Crippen LogP) is 3.49. The molecular formula is C14H8F6N4O2. The normalized spacial score (nSPS) is 12.7. The van der Waals surface area contributed by atoms with Crippen molar-refractivity contribution in [1.82, 2.24) is 19.4 Å². The van der Waals surface area contributed by atoms with Crippen molar-refractivity contribution >= 4 is 22.6 Å². The highest BCUT2D eigenvalue weighted by Gasteiger charge is 2.41. The van der Waals surface area contributed by atoms with E-state index < -0.39 is 40.9 Å². The average molecular weight is 378 g/mol. The van der Waals surface area contributed by atoms with Gasteiger partial charge in [-0.1, -0.05) is 0 Å². The van der Waals surface area contributed by atoms with Crippen LogP contribution < -0.4 is 0 Å². The first-order valence-corrected chi connectivity index (χ1v) is 7.03. The highest BCUT2D eigenvalue weighted by atomic mass is 19.4. The molecule has 0 aliphatic carbocycles. The van der Waals surface area contributed by atoms with Gasteiger partial charge in [0, 0.05) is 11.6 Å². The Kier molecular flexibility index (Phi) is 4.00. The molecule has 0 spiro atoms. The molecule has 0 bridgehead atoms. The molecule has 12 heteroatoms. The van der Waals surface area contributed by atoms with Crippen LogP contribution in [0.5, 0.6) is 0 Å². The molecule has 0 saturated carbocycles. The summed E-state index contributed by atoms with van der Waals surface area (Å²) in [7, 11) is 0. The number of pyridine rings is 1. The molecule has 0 atom stereocenters. The number of imidazole rings is 1. The average Bonchev–Trinajstić information content (AvgIpc) is 2.97. The lowest BCUT2D eigenvalue weighted by atomic mass is 10.2. The van der Waals surface area contributed by atoms with Crippen molar-refractivity contribution in [2.75, 3.05) is 6.61 Å². The maximum absolute atomic E-state index is 13.2. The maximum Gasteiger partial charge on any atom is 0.451 e. The first-order chi connectivity index (χ1) is 12.0. The van der Waals surface area contributed by atoms with Crippen molar-refractivity contribution in [2.45, 2.75) is 19.3 Å². The van der Waals surface area contributed by atoms with Crippen molar-refractivity contribution in [3.05, 3.63) is 35.5 Å². The van der Waals surface area contributed by atoms with Gasteiger partial charge in [0.2, 0.25) is 5.82 Å². The van der Waals surface area contributed by atoms with Crippen LogP contribution in [0.2, 0.25) is 0 Å². The molecule has 26 heavy (non-hydrogen) atoms. The number of alkyl halides is 6. The van der Waals surface area contributed by atoms with Gasteiger partial charge in [-0.05, 0) is 19.1 Å². The Bertz CT molecular complexity index is 1010. The van der Waals surface area contributed by atoms with Crippen molar-refractivity contribution in [3.63, 3.8) is 0 Å². The largest absolute Gasteiger partial charge is 0.461 e. The summed E-state index contributed by atoms with van der Waals surface area (Å²) >= 11 is 0. The lowest BCUT2D eigenvalue weighted by Gasteiger charge is -2.13. The van der Waals surface area contributed by atoms with E-state index in [4.69, 9.17) is 4.74 Å². The number of rotatable bonds is 2. The molecule has 3 rings (SSSR count). The number of hydrogen-bond acceptors (Lipinski definition) is 5. The number of carbonyl (C=O) groups is 1. The van der Waals surface area contributed by atoms with Crippen molar-refractivity contribution < 1.29 is 35.9 Å². The van der Waals surface area contributed by atoms with E-state index in [1.807, 2.05) is 0 Å². The summed E-state index contributed by atoms with van der Waals surface area (Å²) in [5, 5.41) is -0.661. The number of fused-ring (bicyclic) bond motifs is 3. The first kappa shape index (κ1) is 17.9. The molecule has 3 aromatic rings. The third kappa shape index (κ3) is 3.02. The minimum Gasteiger partial charge on any atom is -0.461 e. The molecule has 138 valence electrons. The fourth-order valence-electron chi connectivity index (χ4n) is 2.28. The molecule has 0 aliphatic rings. The van der Waals surface area contributed by atoms with Crippen LogP contribution in [0.4, 0.5) is 26.3 Å². The zero-order chi connectivity index (χ0) is 19.3. The lowest BCUT2D eigenvalue weighted by Crippen LogP contribution is -2.18. The van der Waals surface area contributed by atoms with Gasteiger partial charge in [-0.15, -0.1) is 0 Å². The second-order valence-corrected chi connectivity index (χ2v) is 5.04. The molecule has 0 aliphatic heterocycles. The summed E-state index contributed by atoms with van der Waals surface area (Å²) in [6.07, 6.45) is -9.37. The van der Waals surface area contributed by atoms with E-state index in [1.165, 1.54) is 6.92 Å². The summed E-state index contributed by atoms with van der Waals surface area (Å²) < 4.78 is 83.8. The number of halogens is 6. The first-order valence-electron chi connectivity index (χ1n) is 7.03. The SMILES string of the molecule is CCOC(=O)c1cn2c(ccc3c(C(F)(F)F)nc(C(F)(F)F)nc32)n1. The van der Waals surface area contributed by atoms with Crippen LogP contribution in [0, 0.1) is 0 Å². The van der Waals surface area contributed by atoms with Gasteiger partial charge < -0.3 is 4.74 Å². The summed E-state index contributed by atoms with van der Waals surface area (Å²) in [6.45, 7) is 1.55. The van der Waals surface area contributed by atoms with Crippen molar-refractivity contribution in [1.29, 1.82) is 0 Å². The Hall–Kier alpha value is -2.92. The molecule has 0 unspecified atom stereocenters. The smallest absolute Gasteiger partial charge is 0.451 e. The van der Waals surface area contributed by atoms with E-state index >= 15 is 0 Å². The molecule has 0 radical (unpaired) electrons. The second kappa shape index (κ2) is 5.81. The minimum atomic E-state index is -5.19. The number of ether oxygens (including phenoxy) is 1. The van der Waals surface area contributed by atoms with E-state index in [9.17, 15) is 31.1 Å². The molecule has 3 heterocycles. The Morgan fingerprint density at radius 2 is 1.77 bits per heavy atom. The van der Waals surface area contributed by atoms with Crippen LogP contribution >= 0.6 is 0 Å². The maximum atomic E-state index is 13.2. The minimum absolute atomic E-state index is 0.0199. The van der Waals surface area contributed by atoms with E-state index in [2.05, 4.69) is 15.0 Å².